The summed E-state index contributed by atoms with van der Waals surface area (Å²) in [5.74, 6) is -11.4. The maximum atomic E-state index is 15.3. The molecular weight excluding hydrogens is 514 g/mol. The highest BCUT2D eigenvalue weighted by Gasteiger charge is 2.32. The quantitative estimate of drug-likeness (QED) is 0.228. The lowest BCUT2D eigenvalue weighted by molar-refractivity contribution is 0.491. The van der Waals surface area contributed by atoms with E-state index in [1.54, 1.807) is 0 Å². The van der Waals surface area contributed by atoms with Crippen LogP contribution >= 0.6 is 0 Å². The highest BCUT2D eigenvalue weighted by Crippen LogP contribution is 2.42. The van der Waals surface area contributed by atoms with Crippen molar-refractivity contribution in [2.45, 2.75) is 0 Å². The van der Waals surface area contributed by atoms with E-state index >= 15 is 26.3 Å². The van der Waals surface area contributed by atoms with Gasteiger partial charge in [-0.3, -0.25) is 0 Å². The Morgan fingerprint density at radius 3 is 1.11 bits per heavy atom. The van der Waals surface area contributed by atoms with Gasteiger partial charge in [-0.25, -0.2) is 36.3 Å². The Hall–Kier alpha value is -5.60. The number of nitrogens with zero attached hydrogens (tertiary/aromatic N) is 8. The molecule has 2 aromatic heterocycles. The number of hydrogen-bond acceptors (Lipinski definition) is 6. The average Bonchev–Trinajstić information content (AvgIpc) is 3.42. The molecule has 0 aliphatic heterocycles. The average molecular weight is 520 g/mol. The zero-order valence-electron chi connectivity index (χ0n) is 18.8. The predicted octanol–water partition coefficient (Wildman–Crippen LogP) is 3.00. The molecule has 0 fully saturated rings. The van der Waals surface area contributed by atoms with Crippen molar-refractivity contribution in [3.63, 3.8) is 0 Å². The monoisotopic (exact) mass is 520 g/mol. The molecular formula is C24H6F6N8. The second-order valence-corrected chi connectivity index (χ2v) is 7.96. The predicted molar refractivity (Wildman–Crippen MR) is 118 cm³/mol. The number of aryl methyl sites for hydroxylation is 2. The van der Waals surface area contributed by atoms with Crippen LogP contribution in [0.1, 0.15) is 0 Å². The lowest BCUT2D eigenvalue weighted by Gasteiger charge is -2.12. The SMILES string of the molecule is Cn1c(=C(C#N)C#N)nc2c3c(c(F)c(F)c4c(F)c(F)c5c(nc(=C(C#N)C#N)n5C)c43)c(F)c(F)c21. The Bertz CT molecular complexity index is 2070. The minimum Gasteiger partial charge on any atom is -0.323 e. The molecule has 0 radical (unpaired) electrons. The molecule has 0 spiro atoms. The Balaban J connectivity index is 2.33. The summed E-state index contributed by atoms with van der Waals surface area (Å²) < 4.78 is 93.0. The maximum Gasteiger partial charge on any atom is 0.185 e. The molecule has 0 saturated carbocycles. The van der Waals surface area contributed by atoms with Gasteiger partial charge in [0.1, 0.15) is 46.3 Å². The highest BCUT2D eigenvalue weighted by atomic mass is 19.2. The Kier molecular flexibility index (Phi) is 5.05. The number of aromatic nitrogens is 4. The van der Waals surface area contributed by atoms with Crippen LogP contribution in [0.2, 0.25) is 0 Å². The third-order valence-electron chi connectivity index (χ3n) is 6.18. The smallest absolute Gasteiger partial charge is 0.185 e. The molecule has 0 aliphatic rings. The molecule has 0 atom stereocenters. The summed E-state index contributed by atoms with van der Waals surface area (Å²) >= 11 is 0. The topological polar surface area (TPSA) is 131 Å². The Labute approximate surface area is 206 Å². The molecule has 2 heterocycles. The number of fused-ring (bicyclic) bond motifs is 7. The molecule has 0 unspecified atom stereocenters. The first kappa shape index (κ1) is 24.1. The number of rotatable bonds is 0. The summed E-state index contributed by atoms with van der Waals surface area (Å²) in [5, 5.41) is 32.9. The van der Waals surface area contributed by atoms with E-state index in [1.165, 1.54) is 24.3 Å². The van der Waals surface area contributed by atoms with E-state index < -0.39 is 101 Å². The van der Waals surface area contributed by atoms with Gasteiger partial charge in [0, 0.05) is 24.9 Å². The first-order valence-corrected chi connectivity index (χ1v) is 10.2. The third kappa shape index (κ3) is 2.71. The van der Waals surface area contributed by atoms with Crippen molar-refractivity contribution < 1.29 is 26.3 Å². The van der Waals surface area contributed by atoms with Gasteiger partial charge in [0.2, 0.25) is 0 Å². The van der Waals surface area contributed by atoms with Crippen LogP contribution in [-0.4, -0.2) is 19.1 Å². The first-order chi connectivity index (χ1) is 18.0. The Morgan fingerprint density at radius 2 is 0.816 bits per heavy atom. The van der Waals surface area contributed by atoms with Gasteiger partial charge in [0.25, 0.3) is 0 Å². The van der Waals surface area contributed by atoms with Crippen molar-refractivity contribution in [2.24, 2.45) is 14.1 Å². The molecule has 0 saturated heterocycles. The van der Waals surface area contributed by atoms with Crippen LogP contribution in [0.3, 0.4) is 0 Å². The molecule has 14 heteroatoms. The number of imidazole rings is 2. The van der Waals surface area contributed by atoms with Crippen molar-refractivity contribution >= 4 is 54.8 Å². The molecule has 0 bridgehead atoms. The third-order valence-corrected chi connectivity index (χ3v) is 6.18. The number of nitriles is 4. The van der Waals surface area contributed by atoms with Crippen LogP contribution in [0.5, 0.6) is 0 Å². The summed E-state index contributed by atoms with van der Waals surface area (Å²) in [5.41, 5.74) is -4.87. The molecule has 0 amide bonds. The zero-order chi connectivity index (χ0) is 27.8. The maximum absolute atomic E-state index is 15.3. The number of halogens is 6. The van der Waals surface area contributed by atoms with Crippen molar-refractivity contribution in [1.29, 1.82) is 21.0 Å². The van der Waals surface area contributed by atoms with Gasteiger partial charge in [-0.2, -0.15) is 21.0 Å². The second-order valence-electron chi connectivity index (χ2n) is 7.96. The fraction of sp³-hybridized carbons (Fsp3) is 0.0833. The summed E-state index contributed by atoms with van der Waals surface area (Å²) in [6, 6.07) is 6.10. The van der Waals surface area contributed by atoms with Crippen LogP contribution in [0, 0.1) is 80.2 Å². The highest BCUT2D eigenvalue weighted by molar-refractivity contribution is 6.26. The van der Waals surface area contributed by atoms with Gasteiger partial charge in [0.05, 0.1) is 10.8 Å². The number of benzene rings is 3. The van der Waals surface area contributed by atoms with E-state index in [4.69, 9.17) is 0 Å². The van der Waals surface area contributed by atoms with Gasteiger partial charge in [-0.05, 0) is 0 Å². The standard InChI is InChI=1S/C24H6F6N8/c1-37-21-17(29)15(27)11-9(19(21)35-23(37)7(3-31)4-32)10-12(14(26)13(11)25)16(28)18(30)22-20(10)36-24(38(22)2)8(5-33)6-34/h1-2H3. The van der Waals surface area contributed by atoms with E-state index in [0.717, 1.165) is 23.2 Å². The van der Waals surface area contributed by atoms with Crippen molar-refractivity contribution in [3.8, 4) is 24.3 Å². The second kappa shape index (κ2) is 7.95. The summed E-state index contributed by atoms with van der Waals surface area (Å²) in [6.07, 6.45) is 0. The van der Waals surface area contributed by atoms with Gasteiger partial charge >= 0.3 is 0 Å². The lowest BCUT2D eigenvalue weighted by atomic mass is 9.97. The normalized spacial score (nSPS) is 11.1. The zero-order valence-corrected chi connectivity index (χ0v) is 18.8. The van der Waals surface area contributed by atoms with Gasteiger partial charge in [-0.1, -0.05) is 0 Å². The van der Waals surface area contributed by atoms with E-state index in [0.29, 0.717) is 0 Å². The van der Waals surface area contributed by atoms with Crippen LogP contribution in [0.25, 0.3) is 54.8 Å². The van der Waals surface area contributed by atoms with Crippen LogP contribution in [-0.2, 0) is 14.1 Å². The molecule has 3 aromatic carbocycles. The fourth-order valence-electron chi connectivity index (χ4n) is 4.55. The molecule has 0 N–H and O–H groups in total. The van der Waals surface area contributed by atoms with E-state index in [1.807, 2.05) is 0 Å². The lowest BCUT2D eigenvalue weighted by Crippen LogP contribution is -2.18. The van der Waals surface area contributed by atoms with Crippen LogP contribution in [0.4, 0.5) is 26.3 Å². The molecule has 38 heavy (non-hydrogen) atoms. The molecule has 0 aliphatic carbocycles. The van der Waals surface area contributed by atoms with Crippen molar-refractivity contribution in [1.82, 2.24) is 19.1 Å². The molecule has 5 aromatic rings. The van der Waals surface area contributed by atoms with E-state index in [9.17, 15) is 21.0 Å². The van der Waals surface area contributed by atoms with Crippen LogP contribution in [0.15, 0.2) is 0 Å². The van der Waals surface area contributed by atoms with Gasteiger partial charge in [-0.15, -0.1) is 0 Å². The molecule has 5 rings (SSSR count). The van der Waals surface area contributed by atoms with Crippen molar-refractivity contribution in [3.05, 3.63) is 45.9 Å². The summed E-state index contributed by atoms with van der Waals surface area (Å²) in [4.78, 5) is 7.97. The van der Waals surface area contributed by atoms with Gasteiger partial charge < -0.3 is 9.13 Å². The summed E-state index contributed by atoms with van der Waals surface area (Å²) in [7, 11) is 2.23. The van der Waals surface area contributed by atoms with E-state index in [-0.39, 0.29) is 0 Å². The minimum absolute atomic E-state index is 0.473. The largest absolute Gasteiger partial charge is 0.323 e. The molecule has 184 valence electrons. The number of hydrogen-bond donors (Lipinski definition) is 0. The van der Waals surface area contributed by atoms with E-state index in [2.05, 4.69) is 9.97 Å². The first-order valence-electron chi connectivity index (χ1n) is 10.2. The molecule has 8 nitrogen and oxygen atoms in total. The summed E-state index contributed by atoms with van der Waals surface area (Å²) in [6.45, 7) is 0. The minimum atomic E-state index is -2.06. The fourth-order valence-corrected chi connectivity index (χ4v) is 4.55. The van der Waals surface area contributed by atoms with Crippen LogP contribution < -0.4 is 11.0 Å². The Morgan fingerprint density at radius 1 is 0.526 bits per heavy atom. The van der Waals surface area contributed by atoms with Crippen molar-refractivity contribution in [2.75, 3.05) is 0 Å². The van der Waals surface area contributed by atoms with Gasteiger partial charge in [0.15, 0.2) is 57.0 Å².